The maximum atomic E-state index is 11.6. The van der Waals surface area contributed by atoms with Crippen LogP contribution in [0.25, 0.3) is 0 Å². The van der Waals surface area contributed by atoms with E-state index in [2.05, 4.69) is 67.5 Å². The van der Waals surface area contributed by atoms with Crippen molar-refractivity contribution >= 4 is 65.7 Å². The first-order valence-corrected chi connectivity index (χ1v) is 8.37. The number of rotatable bonds is 6. The topological polar surface area (TPSA) is 78.9 Å². The van der Waals surface area contributed by atoms with Crippen LogP contribution in [-0.4, -0.2) is 17.9 Å². The minimum atomic E-state index is -0.818. The first kappa shape index (κ1) is 20.3. The fourth-order valence-electron chi connectivity index (χ4n) is 1.30. The Morgan fingerprint density at radius 1 is 0.625 bits per heavy atom. The summed E-state index contributed by atoms with van der Waals surface area (Å²) in [6, 6.07) is 0. The molecule has 0 atom stereocenters. The van der Waals surface area contributed by atoms with Crippen molar-refractivity contribution in [1.82, 2.24) is 0 Å². The molecule has 126 valence electrons. The number of ether oxygens (including phenoxy) is 3. The van der Waals surface area contributed by atoms with Crippen LogP contribution < -0.4 is 14.2 Å². The molecule has 6 nitrogen and oxygen atoms in total. The molecule has 0 spiro atoms. The van der Waals surface area contributed by atoms with E-state index >= 15 is 0 Å². The lowest BCUT2D eigenvalue weighted by Crippen LogP contribution is -2.12. The molecule has 1 aromatic rings. The molecular weight excluding hydrogens is 516 g/mol. The molecule has 0 saturated heterocycles. The lowest BCUT2D eigenvalue weighted by Gasteiger charge is -2.17. The smallest absolute Gasteiger partial charge is 0.335 e. The molecule has 0 heterocycles. The molecule has 0 saturated carbocycles. The van der Waals surface area contributed by atoms with Crippen molar-refractivity contribution in [1.29, 1.82) is 0 Å². The minimum Gasteiger partial charge on any atom is -0.421 e. The first-order chi connectivity index (χ1) is 11.3. The van der Waals surface area contributed by atoms with Crippen molar-refractivity contribution in [3.05, 3.63) is 51.4 Å². The van der Waals surface area contributed by atoms with E-state index in [0.717, 1.165) is 18.2 Å². The van der Waals surface area contributed by atoms with Crippen molar-refractivity contribution in [2.24, 2.45) is 0 Å². The van der Waals surface area contributed by atoms with Gasteiger partial charge in [0.25, 0.3) is 0 Å². The van der Waals surface area contributed by atoms with Crippen molar-refractivity contribution < 1.29 is 28.6 Å². The summed E-state index contributed by atoms with van der Waals surface area (Å²) in [5.74, 6) is -2.70. The average molecular weight is 525 g/mol. The van der Waals surface area contributed by atoms with Gasteiger partial charge in [-0.05, 0) is 47.8 Å². The van der Waals surface area contributed by atoms with Gasteiger partial charge in [0.15, 0.2) is 17.2 Å². The fraction of sp³-hybridized carbons (Fsp3) is 0. The molecule has 0 radical (unpaired) electrons. The van der Waals surface area contributed by atoms with E-state index in [1.165, 1.54) is 0 Å². The summed E-state index contributed by atoms with van der Waals surface area (Å²) in [4.78, 5) is 34.6. The Balaban J connectivity index is 3.62. The van der Waals surface area contributed by atoms with Crippen molar-refractivity contribution in [2.45, 2.75) is 0 Å². The Morgan fingerprint density at radius 3 is 1.29 bits per heavy atom. The van der Waals surface area contributed by atoms with Gasteiger partial charge in [-0.25, -0.2) is 14.4 Å². The van der Waals surface area contributed by atoms with E-state index in [-0.39, 0.29) is 30.7 Å². The van der Waals surface area contributed by atoms with Gasteiger partial charge in [-0.1, -0.05) is 19.7 Å². The second-order valence-electron chi connectivity index (χ2n) is 3.80. The Morgan fingerprint density at radius 2 is 0.917 bits per heavy atom. The molecule has 0 unspecified atom stereocenters. The Labute approximate surface area is 162 Å². The van der Waals surface area contributed by atoms with Crippen LogP contribution in [0.5, 0.6) is 17.2 Å². The van der Waals surface area contributed by atoms with Crippen LogP contribution >= 0.6 is 47.8 Å². The van der Waals surface area contributed by atoms with Crippen LogP contribution in [-0.2, 0) is 14.4 Å². The third-order valence-corrected chi connectivity index (χ3v) is 5.07. The molecule has 0 aliphatic carbocycles. The molecule has 1 aromatic carbocycles. The Bertz CT molecular complexity index is 754. The second-order valence-corrected chi connectivity index (χ2v) is 6.18. The van der Waals surface area contributed by atoms with Crippen LogP contribution in [0.1, 0.15) is 0 Å². The van der Waals surface area contributed by atoms with Crippen molar-refractivity contribution in [3.8, 4) is 17.2 Å². The summed E-state index contributed by atoms with van der Waals surface area (Å²) in [6.07, 6.45) is 2.80. The van der Waals surface area contributed by atoms with Gasteiger partial charge in [0.1, 0.15) is 4.47 Å². The van der Waals surface area contributed by atoms with Gasteiger partial charge in [-0.2, -0.15) is 0 Å². The maximum Gasteiger partial charge on any atom is 0.335 e. The molecule has 0 fully saturated rings. The summed E-state index contributed by atoms with van der Waals surface area (Å²) in [5.41, 5.74) is 0. The summed E-state index contributed by atoms with van der Waals surface area (Å²) >= 11 is 9.54. The molecule has 0 aliphatic rings. The van der Waals surface area contributed by atoms with E-state index in [1.54, 1.807) is 0 Å². The second kappa shape index (κ2) is 8.95. The Hall–Kier alpha value is -1.71. The van der Waals surface area contributed by atoms with Crippen molar-refractivity contribution in [2.75, 3.05) is 0 Å². The van der Waals surface area contributed by atoms with Gasteiger partial charge in [0.2, 0.25) is 0 Å². The quantitative estimate of drug-likeness (QED) is 0.240. The van der Waals surface area contributed by atoms with Gasteiger partial charge in [-0.15, -0.1) is 0 Å². The first-order valence-electron chi connectivity index (χ1n) is 5.99. The SMILES string of the molecule is C=CC(=O)Oc1c(Br)c(Br)c(OC(=O)C=C)c(OC(=O)C=C)c1Br. The van der Waals surface area contributed by atoms with Gasteiger partial charge in [0, 0.05) is 18.2 Å². The molecule has 24 heavy (non-hydrogen) atoms. The largest absolute Gasteiger partial charge is 0.421 e. The van der Waals surface area contributed by atoms with Crippen LogP contribution in [0.15, 0.2) is 51.4 Å². The summed E-state index contributed by atoms with van der Waals surface area (Å²) in [6.45, 7) is 9.87. The van der Waals surface area contributed by atoms with E-state index in [4.69, 9.17) is 14.2 Å². The highest BCUT2D eigenvalue weighted by atomic mass is 79.9. The lowest BCUT2D eigenvalue weighted by atomic mass is 10.3. The Kier molecular flexibility index (Phi) is 7.59. The van der Waals surface area contributed by atoms with Crippen LogP contribution in [0.4, 0.5) is 0 Å². The van der Waals surface area contributed by atoms with E-state index in [1.807, 2.05) is 0 Å². The van der Waals surface area contributed by atoms with Crippen LogP contribution in [0.3, 0.4) is 0 Å². The average Bonchev–Trinajstić information content (AvgIpc) is 2.58. The zero-order chi connectivity index (χ0) is 18.4. The predicted octanol–water partition coefficient (Wildman–Crippen LogP) is 4.25. The monoisotopic (exact) mass is 522 g/mol. The number of halogens is 3. The number of esters is 3. The van der Waals surface area contributed by atoms with Crippen LogP contribution in [0.2, 0.25) is 0 Å². The predicted molar refractivity (Wildman–Crippen MR) is 97.0 cm³/mol. The van der Waals surface area contributed by atoms with Gasteiger partial charge in [-0.3, -0.25) is 0 Å². The third-order valence-electron chi connectivity index (χ3n) is 2.30. The summed E-state index contributed by atoms with van der Waals surface area (Å²) in [5, 5.41) is 0. The molecular formula is C15H9Br3O6. The summed E-state index contributed by atoms with van der Waals surface area (Å²) in [7, 11) is 0. The molecule has 0 aliphatic heterocycles. The fourth-order valence-corrected chi connectivity index (χ4v) is 3.00. The third kappa shape index (κ3) is 4.65. The molecule has 0 N–H and O–H groups in total. The highest BCUT2D eigenvalue weighted by Gasteiger charge is 2.27. The number of benzene rings is 1. The maximum absolute atomic E-state index is 11.6. The van der Waals surface area contributed by atoms with E-state index in [0.29, 0.717) is 0 Å². The lowest BCUT2D eigenvalue weighted by molar-refractivity contribution is -0.131. The van der Waals surface area contributed by atoms with E-state index in [9.17, 15) is 14.4 Å². The van der Waals surface area contributed by atoms with Crippen LogP contribution in [0, 0.1) is 0 Å². The zero-order valence-corrected chi connectivity index (χ0v) is 16.7. The van der Waals surface area contributed by atoms with E-state index < -0.39 is 17.9 Å². The zero-order valence-electron chi connectivity index (χ0n) is 11.9. The summed E-state index contributed by atoms with van der Waals surface area (Å²) < 4.78 is 15.7. The molecule has 0 aromatic heterocycles. The normalized spacial score (nSPS) is 9.62. The molecule has 0 bridgehead atoms. The highest BCUT2D eigenvalue weighted by Crippen LogP contribution is 2.52. The standard InChI is InChI=1S/C15H9Br3O6/c1-4-7(19)22-13-10(16)11(17)14(23-8(20)5-2)15(12(13)18)24-9(21)6-3/h4-6H,1-3H2. The van der Waals surface area contributed by atoms with Crippen molar-refractivity contribution in [3.63, 3.8) is 0 Å². The number of carbonyl (C=O) groups excluding carboxylic acids is 3. The highest BCUT2D eigenvalue weighted by molar-refractivity contribution is 9.13. The minimum absolute atomic E-state index is 0.0166. The molecule has 9 heteroatoms. The number of hydrogen-bond donors (Lipinski definition) is 0. The van der Waals surface area contributed by atoms with Gasteiger partial charge in [0.05, 0.1) is 8.95 Å². The number of hydrogen-bond acceptors (Lipinski definition) is 6. The van der Waals surface area contributed by atoms with Gasteiger partial charge < -0.3 is 14.2 Å². The number of carbonyl (C=O) groups is 3. The molecule has 1 rings (SSSR count). The molecule has 0 amide bonds. The van der Waals surface area contributed by atoms with Gasteiger partial charge >= 0.3 is 17.9 Å².